The second kappa shape index (κ2) is 10.2. The number of piperidine rings is 1. The Hall–Kier alpha value is -3.53. The predicted molar refractivity (Wildman–Crippen MR) is 137 cm³/mol. The number of hydrogen-bond acceptors (Lipinski definition) is 7. The molecule has 10 heteroatoms. The van der Waals surface area contributed by atoms with E-state index >= 15 is 0 Å². The number of anilines is 1. The van der Waals surface area contributed by atoms with Gasteiger partial charge < -0.3 is 15.6 Å². The lowest BCUT2D eigenvalue weighted by molar-refractivity contribution is 0.0127. The monoisotopic (exact) mass is 508 g/mol. The van der Waals surface area contributed by atoms with E-state index in [9.17, 15) is 9.50 Å². The molecule has 1 aliphatic rings. The number of hydrogen-bond donors (Lipinski definition) is 2. The topological polar surface area (TPSA) is 102 Å². The van der Waals surface area contributed by atoms with Crippen molar-refractivity contribution in [2.24, 2.45) is 0 Å². The fraction of sp³-hybridized carbons (Fsp3) is 0.269. The zero-order valence-electron chi connectivity index (χ0n) is 19.5. The van der Waals surface area contributed by atoms with Gasteiger partial charge in [0.05, 0.1) is 16.5 Å². The van der Waals surface area contributed by atoms with Crippen molar-refractivity contribution < 1.29 is 14.2 Å². The van der Waals surface area contributed by atoms with Gasteiger partial charge in [-0.25, -0.2) is 19.0 Å². The maximum absolute atomic E-state index is 13.5. The number of halogens is 2. The van der Waals surface area contributed by atoms with Gasteiger partial charge in [0.1, 0.15) is 42.2 Å². The molecule has 1 saturated heterocycles. The minimum atomic E-state index is -0.715. The van der Waals surface area contributed by atoms with Gasteiger partial charge in [0.2, 0.25) is 0 Å². The molecule has 1 aliphatic heterocycles. The Morgan fingerprint density at radius 3 is 2.92 bits per heavy atom. The smallest absolute Gasteiger partial charge is 0.164 e. The average Bonchev–Trinajstić information content (AvgIpc) is 3.29. The second-order valence-corrected chi connectivity index (χ2v) is 9.16. The average molecular weight is 509 g/mol. The van der Waals surface area contributed by atoms with Gasteiger partial charge in [0.25, 0.3) is 0 Å². The van der Waals surface area contributed by atoms with Crippen LogP contribution >= 0.6 is 11.6 Å². The standard InChI is InChI=1S/C26H26ClFN6O2/c1-2-22(35)33-10-4-7-19(13-33)34-26-23(25(29)30-15-31-26)24(32-34)17-8-9-21(20(27)12-17)36-14-16-5-3-6-18(28)11-16/h2-3,5-6,8-9,11-12,15,19,22,35H,1,4,7,10,13-14H2,(H2,29,30,31)/t19-,22?/m1/s1. The fourth-order valence-corrected chi connectivity index (χ4v) is 4.81. The first-order valence-corrected chi connectivity index (χ1v) is 12.0. The number of benzene rings is 2. The summed E-state index contributed by atoms with van der Waals surface area (Å²) in [7, 11) is 0. The zero-order chi connectivity index (χ0) is 25.2. The first-order chi connectivity index (χ1) is 17.4. The SMILES string of the molecule is C=CC(O)N1CCC[C@@H](n2nc(-c3ccc(OCc4cccc(F)c4)c(Cl)c3)c3c(N)ncnc32)C1. The van der Waals surface area contributed by atoms with Crippen LogP contribution in [0.15, 0.2) is 61.4 Å². The molecule has 0 bridgehead atoms. The van der Waals surface area contributed by atoms with Crippen LogP contribution in [0, 0.1) is 5.82 Å². The molecule has 2 aromatic heterocycles. The van der Waals surface area contributed by atoms with Gasteiger partial charge in [-0.05, 0) is 54.8 Å². The second-order valence-electron chi connectivity index (χ2n) is 8.75. The number of fused-ring (bicyclic) bond motifs is 1. The van der Waals surface area contributed by atoms with Crippen LogP contribution in [-0.4, -0.2) is 49.1 Å². The van der Waals surface area contributed by atoms with E-state index in [1.54, 1.807) is 24.3 Å². The van der Waals surface area contributed by atoms with Gasteiger partial charge in [-0.15, -0.1) is 0 Å². The van der Waals surface area contributed by atoms with E-state index in [0.29, 0.717) is 45.4 Å². The van der Waals surface area contributed by atoms with E-state index < -0.39 is 6.23 Å². The van der Waals surface area contributed by atoms with Crippen LogP contribution in [0.25, 0.3) is 22.3 Å². The molecule has 0 aliphatic carbocycles. The van der Waals surface area contributed by atoms with Gasteiger partial charge in [-0.1, -0.05) is 30.3 Å². The van der Waals surface area contributed by atoms with Gasteiger partial charge in [-0.2, -0.15) is 5.10 Å². The summed E-state index contributed by atoms with van der Waals surface area (Å²) in [5.41, 5.74) is 8.95. The van der Waals surface area contributed by atoms with Crippen LogP contribution in [0.4, 0.5) is 10.2 Å². The van der Waals surface area contributed by atoms with E-state index in [4.69, 9.17) is 27.2 Å². The lowest BCUT2D eigenvalue weighted by atomic mass is 10.1. The number of nitrogen functional groups attached to an aromatic ring is 1. The van der Waals surface area contributed by atoms with Crippen LogP contribution in [-0.2, 0) is 6.61 Å². The molecule has 186 valence electrons. The number of aliphatic hydroxyl groups excluding tert-OH is 1. The molecular weight excluding hydrogens is 483 g/mol. The highest BCUT2D eigenvalue weighted by Gasteiger charge is 2.28. The van der Waals surface area contributed by atoms with Crippen molar-refractivity contribution in [3.8, 4) is 17.0 Å². The van der Waals surface area contributed by atoms with Gasteiger partial charge in [0, 0.05) is 18.7 Å². The molecule has 8 nitrogen and oxygen atoms in total. The van der Waals surface area contributed by atoms with Crippen molar-refractivity contribution in [3.63, 3.8) is 0 Å². The summed E-state index contributed by atoms with van der Waals surface area (Å²) < 4.78 is 21.1. The Kier molecular flexibility index (Phi) is 6.86. The Morgan fingerprint density at radius 2 is 2.14 bits per heavy atom. The maximum Gasteiger partial charge on any atom is 0.164 e. The molecule has 0 saturated carbocycles. The summed E-state index contributed by atoms with van der Waals surface area (Å²) >= 11 is 6.55. The molecular formula is C26H26ClFN6O2. The normalized spacial score (nSPS) is 17.2. The number of nitrogens with two attached hydrogens (primary N) is 1. The molecule has 3 N–H and O–H groups in total. The van der Waals surface area contributed by atoms with Crippen molar-refractivity contribution in [3.05, 3.63) is 77.9 Å². The molecule has 0 radical (unpaired) electrons. The highest BCUT2D eigenvalue weighted by Crippen LogP contribution is 2.37. The van der Waals surface area contributed by atoms with Crippen molar-refractivity contribution in [1.29, 1.82) is 0 Å². The summed E-state index contributed by atoms with van der Waals surface area (Å²) in [6.45, 7) is 5.26. The number of ether oxygens (including phenoxy) is 1. The Balaban J connectivity index is 1.46. The first-order valence-electron chi connectivity index (χ1n) is 11.6. The van der Waals surface area contributed by atoms with Crippen LogP contribution in [0.2, 0.25) is 5.02 Å². The zero-order valence-corrected chi connectivity index (χ0v) is 20.3. The fourth-order valence-electron chi connectivity index (χ4n) is 4.58. The molecule has 3 heterocycles. The molecule has 2 aromatic carbocycles. The summed E-state index contributed by atoms with van der Waals surface area (Å²) in [6.07, 6.45) is 4.02. The third-order valence-corrected chi connectivity index (χ3v) is 6.66. The predicted octanol–water partition coefficient (Wildman–Crippen LogP) is 4.59. The summed E-state index contributed by atoms with van der Waals surface area (Å²) in [5, 5.41) is 16.2. The lowest BCUT2D eigenvalue weighted by Crippen LogP contribution is -2.42. The highest BCUT2D eigenvalue weighted by atomic mass is 35.5. The summed E-state index contributed by atoms with van der Waals surface area (Å²) in [6, 6.07) is 11.6. The third-order valence-electron chi connectivity index (χ3n) is 6.37. The third kappa shape index (κ3) is 4.77. The van der Waals surface area contributed by atoms with Crippen molar-refractivity contribution in [2.75, 3.05) is 18.8 Å². The van der Waals surface area contributed by atoms with E-state index in [0.717, 1.165) is 24.9 Å². The minimum absolute atomic E-state index is 0.0109. The highest BCUT2D eigenvalue weighted by molar-refractivity contribution is 6.32. The maximum atomic E-state index is 13.5. The quantitative estimate of drug-likeness (QED) is 0.352. The molecule has 1 fully saturated rings. The van der Waals surface area contributed by atoms with E-state index in [1.165, 1.54) is 24.5 Å². The van der Waals surface area contributed by atoms with Crippen LogP contribution < -0.4 is 10.5 Å². The molecule has 2 atom stereocenters. The van der Waals surface area contributed by atoms with Gasteiger partial charge >= 0.3 is 0 Å². The first kappa shape index (κ1) is 24.2. The Bertz CT molecular complexity index is 1410. The van der Waals surface area contributed by atoms with Crippen LogP contribution in [0.1, 0.15) is 24.4 Å². The molecule has 0 spiro atoms. The molecule has 5 rings (SSSR count). The number of likely N-dealkylation sites (tertiary alicyclic amines) is 1. The van der Waals surface area contributed by atoms with Crippen LogP contribution in [0.5, 0.6) is 5.75 Å². The number of aliphatic hydroxyl groups is 1. The Labute approximate surface area is 212 Å². The number of nitrogens with zero attached hydrogens (tertiary/aromatic N) is 5. The van der Waals surface area contributed by atoms with E-state index in [2.05, 4.69) is 16.5 Å². The van der Waals surface area contributed by atoms with Gasteiger partial charge in [0.15, 0.2) is 5.65 Å². The largest absolute Gasteiger partial charge is 0.487 e. The van der Waals surface area contributed by atoms with Crippen molar-refractivity contribution >= 4 is 28.5 Å². The molecule has 1 unspecified atom stereocenters. The number of aromatic nitrogens is 4. The van der Waals surface area contributed by atoms with Crippen molar-refractivity contribution in [2.45, 2.75) is 31.7 Å². The number of rotatable bonds is 7. The summed E-state index contributed by atoms with van der Waals surface area (Å²) in [4.78, 5) is 10.6. The van der Waals surface area contributed by atoms with Gasteiger partial charge in [-0.3, -0.25) is 4.90 Å². The lowest BCUT2D eigenvalue weighted by Gasteiger charge is -2.34. The Morgan fingerprint density at radius 1 is 1.28 bits per heavy atom. The molecule has 0 amide bonds. The van der Waals surface area contributed by atoms with Crippen LogP contribution in [0.3, 0.4) is 0 Å². The molecule has 4 aromatic rings. The summed E-state index contributed by atoms with van der Waals surface area (Å²) in [5.74, 6) is 0.474. The van der Waals surface area contributed by atoms with E-state index in [1.807, 2.05) is 15.6 Å². The molecule has 36 heavy (non-hydrogen) atoms. The van der Waals surface area contributed by atoms with E-state index in [-0.39, 0.29) is 18.5 Å². The van der Waals surface area contributed by atoms with Crippen molar-refractivity contribution in [1.82, 2.24) is 24.6 Å². The minimum Gasteiger partial charge on any atom is -0.487 e.